The first-order valence-electron chi connectivity index (χ1n) is 6.69. The number of nitrogens with one attached hydrogen (secondary N) is 2. The largest absolute Gasteiger partial charge is 0.307 e. The molecule has 100 valence electrons. The number of benzene rings is 1. The van der Waals surface area contributed by atoms with Crippen molar-refractivity contribution in [2.45, 2.75) is 25.4 Å². The van der Waals surface area contributed by atoms with Crippen LogP contribution in [0.5, 0.6) is 0 Å². The van der Waals surface area contributed by atoms with Gasteiger partial charge in [-0.05, 0) is 18.6 Å². The van der Waals surface area contributed by atoms with E-state index >= 15 is 0 Å². The van der Waals surface area contributed by atoms with Crippen LogP contribution in [0.3, 0.4) is 0 Å². The molecule has 1 atom stereocenters. The van der Waals surface area contributed by atoms with Crippen molar-refractivity contribution in [1.29, 1.82) is 0 Å². The molecular weight excluding hydrogens is 256 g/mol. The van der Waals surface area contributed by atoms with Gasteiger partial charge in [-0.15, -0.1) is 0 Å². The minimum atomic E-state index is 0.610. The highest BCUT2D eigenvalue weighted by Crippen LogP contribution is 2.20. The number of aromatic nitrogens is 3. The lowest BCUT2D eigenvalue weighted by molar-refractivity contribution is 0.504. The van der Waals surface area contributed by atoms with E-state index in [1.807, 2.05) is 30.0 Å². The Morgan fingerprint density at radius 3 is 2.95 bits per heavy atom. The molecule has 0 saturated carbocycles. The first kappa shape index (κ1) is 12.7. The van der Waals surface area contributed by atoms with Crippen molar-refractivity contribution in [3.63, 3.8) is 0 Å². The Labute approximate surface area is 117 Å². The Morgan fingerprint density at radius 2 is 2.16 bits per heavy atom. The van der Waals surface area contributed by atoms with Crippen LogP contribution in [-0.4, -0.2) is 33.0 Å². The third kappa shape index (κ3) is 3.16. The summed E-state index contributed by atoms with van der Waals surface area (Å²) >= 11 is 2.03. The van der Waals surface area contributed by atoms with Gasteiger partial charge in [0.2, 0.25) is 0 Å². The molecule has 1 aliphatic rings. The number of hydrogen-bond donors (Lipinski definition) is 2. The summed E-state index contributed by atoms with van der Waals surface area (Å²) in [5.74, 6) is 2.51. The van der Waals surface area contributed by atoms with Crippen LogP contribution in [0.4, 0.5) is 0 Å². The lowest BCUT2D eigenvalue weighted by Crippen LogP contribution is -2.33. The minimum absolute atomic E-state index is 0.610. The van der Waals surface area contributed by atoms with Crippen LogP contribution < -0.4 is 5.32 Å². The molecular formula is C14H18N4S. The Hall–Kier alpha value is -1.33. The van der Waals surface area contributed by atoms with Crippen LogP contribution in [0.25, 0.3) is 11.3 Å². The van der Waals surface area contributed by atoms with Crippen molar-refractivity contribution in [2.24, 2.45) is 0 Å². The smallest absolute Gasteiger partial charge is 0.117 e. The third-order valence-electron chi connectivity index (χ3n) is 3.39. The van der Waals surface area contributed by atoms with E-state index in [4.69, 9.17) is 0 Å². The molecule has 1 aliphatic heterocycles. The Morgan fingerprint density at radius 1 is 1.26 bits per heavy atom. The average Bonchev–Trinajstić information content (AvgIpc) is 2.95. The van der Waals surface area contributed by atoms with Crippen molar-refractivity contribution in [2.75, 3.05) is 11.5 Å². The van der Waals surface area contributed by atoms with E-state index in [1.54, 1.807) is 0 Å². The summed E-state index contributed by atoms with van der Waals surface area (Å²) in [6, 6.07) is 10.8. The van der Waals surface area contributed by atoms with Gasteiger partial charge in [-0.1, -0.05) is 30.3 Å². The second-order valence-electron chi connectivity index (χ2n) is 4.78. The van der Waals surface area contributed by atoms with Crippen molar-refractivity contribution in [1.82, 2.24) is 20.7 Å². The monoisotopic (exact) mass is 274 g/mol. The van der Waals surface area contributed by atoms with E-state index in [2.05, 4.69) is 32.9 Å². The summed E-state index contributed by atoms with van der Waals surface area (Å²) < 4.78 is 0. The molecule has 0 aliphatic carbocycles. The molecule has 19 heavy (non-hydrogen) atoms. The van der Waals surface area contributed by atoms with Gasteiger partial charge in [0, 0.05) is 23.9 Å². The molecule has 1 aromatic carbocycles. The predicted octanol–water partition coefficient (Wildman–Crippen LogP) is 2.46. The summed E-state index contributed by atoms with van der Waals surface area (Å²) in [7, 11) is 0. The summed E-state index contributed by atoms with van der Waals surface area (Å²) in [5, 5.41) is 14.9. The molecule has 0 amide bonds. The summed E-state index contributed by atoms with van der Waals surface area (Å²) in [5.41, 5.74) is 3.07. The first-order valence-corrected chi connectivity index (χ1v) is 7.85. The second-order valence-corrected chi connectivity index (χ2v) is 5.93. The second kappa shape index (κ2) is 6.21. The highest BCUT2D eigenvalue weighted by Gasteiger charge is 2.15. The zero-order valence-corrected chi connectivity index (χ0v) is 11.6. The van der Waals surface area contributed by atoms with Crippen LogP contribution in [0.2, 0.25) is 0 Å². The van der Waals surface area contributed by atoms with Gasteiger partial charge >= 0.3 is 0 Å². The van der Waals surface area contributed by atoms with Crippen LogP contribution in [0.1, 0.15) is 18.5 Å². The Kier molecular flexibility index (Phi) is 4.15. The van der Waals surface area contributed by atoms with Gasteiger partial charge in [-0.3, -0.25) is 0 Å². The molecule has 1 fully saturated rings. The van der Waals surface area contributed by atoms with Gasteiger partial charge in [0.05, 0.1) is 0 Å². The zero-order chi connectivity index (χ0) is 12.9. The Balaban J connectivity index is 1.67. The molecule has 1 saturated heterocycles. The molecule has 2 aromatic rings. The number of H-pyrrole nitrogens is 1. The molecule has 3 rings (SSSR count). The van der Waals surface area contributed by atoms with Gasteiger partial charge in [0.25, 0.3) is 0 Å². The van der Waals surface area contributed by atoms with Crippen LogP contribution in [-0.2, 0) is 6.54 Å². The van der Waals surface area contributed by atoms with E-state index in [-0.39, 0.29) is 0 Å². The average molecular weight is 274 g/mol. The SMILES string of the molecule is c1ccc(-c2n[nH]nc2CNC2CCCSC2)cc1. The molecule has 1 unspecified atom stereocenters. The number of aromatic amines is 1. The minimum Gasteiger partial charge on any atom is -0.307 e. The number of nitrogens with zero attached hydrogens (tertiary/aromatic N) is 2. The fraction of sp³-hybridized carbons (Fsp3) is 0.429. The van der Waals surface area contributed by atoms with Gasteiger partial charge in [0.15, 0.2) is 0 Å². The molecule has 2 N–H and O–H groups in total. The first-order chi connectivity index (χ1) is 9.43. The maximum Gasteiger partial charge on any atom is 0.117 e. The standard InChI is InChI=1S/C14H18N4S/c1-2-5-11(6-3-1)14-13(16-18-17-14)9-15-12-7-4-8-19-10-12/h1-3,5-6,12,15H,4,7-10H2,(H,16,17,18). The molecule has 5 heteroatoms. The summed E-state index contributed by atoms with van der Waals surface area (Å²) in [6.07, 6.45) is 2.58. The lowest BCUT2D eigenvalue weighted by Gasteiger charge is -2.22. The van der Waals surface area contributed by atoms with Crippen molar-refractivity contribution in [3.05, 3.63) is 36.0 Å². The number of hydrogen-bond acceptors (Lipinski definition) is 4. The van der Waals surface area contributed by atoms with Gasteiger partial charge in [0.1, 0.15) is 11.4 Å². The third-order valence-corrected chi connectivity index (χ3v) is 4.60. The van der Waals surface area contributed by atoms with Crippen LogP contribution in [0.15, 0.2) is 30.3 Å². The van der Waals surface area contributed by atoms with E-state index < -0.39 is 0 Å². The highest BCUT2D eigenvalue weighted by molar-refractivity contribution is 7.99. The Bertz CT molecular complexity index is 505. The quantitative estimate of drug-likeness (QED) is 0.899. The highest BCUT2D eigenvalue weighted by atomic mass is 32.2. The van der Waals surface area contributed by atoms with Crippen LogP contribution >= 0.6 is 11.8 Å². The number of rotatable bonds is 4. The van der Waals surface area contributed by atoms with E-state index in [1.165, 1.54) is 24.3 Å². The fourth-order valence-corrected chi connectivity index (χ4v) is 3.45. The van der Waals surface area contributed by atoms with Gasteiger partial charge in [-0.25, -0.2) is 0 Å². The zero-order valence-electron chi connectivity index (χ0n) is 10.8. The maximum atomic E-state index is 4.27. The lowest BCUT2D eigenvalue weighted by atomic mass is 10.1. The van der Waals surface area contributed by atoms with Gasteiger partial charge in [-0.2, -0.15) is 27.2 Å². The van der Waals surface area contributed by atoms with Crippen molar-refractivity contribution >= 4 is 11.8 Å². The summed E-state index contributed by atoms with van der Waals surface area (Å²) in [4.78, 5) is 0. The maximum absolute atomic E-state index is 4.27. The van der Waals surface area contributed by atoms with E-state index in [0.717, 1.165) is 23.5 Å². The number of thioether (sulfide) groups is 1. The van der Waals surface area contributed by atoms with E-state index in [0.29, 0.717) is 6.04 Å². The van der Waals surface area contributed by atoms with Crippen molar-refractivity contribution < 1.29 is 0 Å². The normalized spacial score (nSPS) is 19.5. The fourth-order valence-electron chi connectivity index (χ4n) is 2.35. The molecule has 0 radical (unpaired) electrons. The molecule has 0 bridgehead atoms. The molecule has 1 aromatic heterocycles. The van der Waals surface area contributed by atoms with Crippen LogP contribution in [0, 0.1) is 0 Å². The molecule has 0 spiro atoms. The van der Waals surface area contributed by atoms with Gasteiger partial charge < -0.3 is 5.32 Å². The predicted molar refractivity (Wildman–Crippen MR) is 79.0 cm³/mol. The summed E-state index contributed by atoms with van der Waals surface area (Å²) in [6.45, 7) is 0.784. The van der Waals surface area contributed by atoms with Crippen molar-refractivity contribution in [3.8, 4) is 11.3 Å². The molecule has 2 heterocycles. The topological polar surface area (TPSA) is 53.6 Å². The molecule has 4 nitrogen and oxygen atoms in total. The van der Waals surface area contributed by atoms with E-state index in [9.17, 15) is 0 Å².